The van der Waals surface area contributed by atoms with E-state index in [1.807, 2.05) is 0 Å². The second kappa shape index (κ2) is 14.1. The van der Waals surface area contributed by atoms with Gasteiger partial charge in [-0.3, -0.25) is 9.59 Å². The van der Waals surface area contributed by atoms with Gasteiger partial charge in [0, 0.05) is 10.8 Å². The van der Waals surface area contributed by atoms with Gasteiger partial charge in [-0.1, -0.05) is 129 Å². The lowest BCUT2D eigenvalue weighted by atomic mass is 9.45. The molecule has 2 saturated carbocycles. The first-order valence-corrected chi connectivity index (χ1v) is 18.2. The van der Waals surface area contributed by atoms with E-state index in [1.54, 1.807) is 0 Å². The molecule has 0 radical (unpaired) electrons. The Morgan fingerprint density at radius 3 is 1.11 bits per heavy atom. The summed E-state index contributed by atoms with van der Waals surface area (Å²) < 4.78 is 12.2. The van der Waals surface area contributed by atoms with Gasteiger partial charge in [0.1, 0.15) is 0 Å². The quantitative estimate of drug-likeness (QED) is 0.137. The molecule has 2 aliphatic rings. The molecule has 0 aliphatic heterocycles. The molecular weight excluding hydrogens is 564 g/mol. The highest BCUT2D eigenvalue weighted by Crippen LogP contribution is 2.64. The Bertz CT molecular complexity index is 893. The van der Waals surface area contributed by atoms with E-state index in [9.17, 15) is 19.8 Å². The van der Waals surface area contributed by atoms with Gasteiger partial charge in [0.15, 0.2) is 5.92 Å². The maximum atomic E-state index is 13.7. The highest BCUT2D eigenvalue weighted by atomic mass is 16.6. The van der Waals surface area contributed by atoms with Crippen LogP contribution in [0.15, 0.2) is 0 Å². The maximum absolute atomic E-state index is 13.7. The number of hydrogen-bond acceptors (Lipinski definition) is 6. The first kappa shape index (κ1) is 40.0. The van der Waals surface area contributed by atoms with E-state index in [0.717, 1.165) is 51.4 Å². The Morgan fingerprint density at radius 1 is 0.556 bits per heavy atom. The van der Waals surface area contributed by atoms with Crippen molar-refractivity contribution in [3.05, 3.63) is 0 Å². The summed E-state index contributed by atoms with van der Waals surface area (Å²) in [6, 6.07) is 0. The van der Waals surface area contributed by atoms with Gasteiger partial charge >= 0.3 is 11.9 Å². The molecule has 0 aromatic heterocycles. The Morgan fingerprint density at radius 2 is 0.844 bits per heavy atom. The largest absolute Gasteiger partial charge is 0.464 e. The molecule has 2 rings (SSSR count). The third-order valence-corrected chi connectivity index (χ3v) is 13.5. The van der Waals surface area contributed by atoms with Gasteiger partial charge in [-0.2, -0.15) is 0 Å². The molecule has 0 unspecified atom stereocenters. The topological polar surface area (TPSA) is 93.1 Å². The predicted octanol–water partition coefficient (Wildman–Crippen LogP) is 9.43. The van der Waals surface area contributed by atoms with Crippen molar-refractivity contribution in [1.82, 2.24) is 0 Å². The third-order valence-electron chi connectivity index (χ3n) is 13.5. The standard InChI is InChI=1S/C39H72O6/c1-14-17-20-29(30(40)44-27-36(12)32(4,5)23-38(42,21-18-15-2)24-33(36,6)7)31(41)45-28-37(13)34(8,9)25-39(43,22-19-16-3)26-35(37,10)11/h29,42-43H,14-28H2,1-13H3. The molecule has 6 heteroatoms. The zero-order valence-electron chi connectivity index (χ0n) is 31.7. The van der Waals surface area contributed by atoms with Crippen molar-refractivity contribution in [2.75, 3.05) is 13.2 Å². The summed E-state index contributed by atoms with van der Waals surface area (Å²) >= 11 is 0. The Hall–Kier alpha value is -1.14. The Labute approximate surface area is 277 Å². The van der Waals surface area contributed by atoms with E-state index in [2.05, 4.69) is 90.0 Å². The average molecular weight is 637 g/mol. The lowest BCUT2D eigenvalue weighted by Crippen LogP contribution is -2.60. The van der Waals surface area contributed by atoms with Crippen LogP contribution in [0.5, 0.6) is 0 Å². The molecule has 2 aliphatic carbocycles. The van der Waals surface area contributed by atoms with Crippen LogP contribution in [0.4, 0.5) is 0 Å². The number of unbranched alkanes of at least 4 members (excludes halogenated alkanes) is 3. The lowest BCUT2D eigenvalue weighted by molar-refractivity contribution is -0.206. The second-order valence-corrected chi connectivity index (χ2v) is 18.5. The zero-order valence-corrected chi connectivity index (χ0v) is 31.7. The number of esters is 2. The Kier molecular flexibility index (Phi) is 12.6. The minimum Gasteiger partial charge on any atom is -0.464 e. The summed E-state index contributed by atoms with van der Waals surface area (Å²) in [6.07, 6.45) is 10.2. The summed E-state index contributed by atoms with van der Waals surface area (Å²) in [5.74, 6) is -1.98. The third kappa shape index (κ3) is 8.30. The molecule has 0 aromatic rings. The van der Waals surface area contributed by atoms with Gasteiger partial charge < -0.3 is 19.7 Å². The zero-order chi connectivity index (χ0) is 34.8. The van der Waals surface area contributed by atoms with E-state index in [4.69, 9.17) is 9.47 Å². The van der Waals surface area contributed by atoms with Gasteiger partial charge in [-0.15, -0.1) is 0 Å². The average Bonchev–Trinajstić information content (AvgIpc) is 2.89. The van der Waals surface area contributed by atoms with Crippen molar-refractivity contribution in [3.63, 3.8) is 0 Å². The monoisotopic (exact) mass is 637 g/mol. The smallest absolute Gasteiger partial charge is 0.320 e. The van der Waals surface area contributed by atoms with Crippen molar-refractivity contribution in [2.45, 2.75) is 185 Å². The summed E-state index contributed by atoms with van der Waals surface area (Å²) in [4.78, 5) is 27.5. The van der Waals surface area contributed by atoms with Crippen molar-refractivity contribution in [2.24, 2.45) is 38.4 Å². The maximum Gasteiger partial charge on any atom is 0.320 e. The molecule has 0 amide bonds. The summed E-state index contributed by atoms with van der Waals surface area (Å²) in [6.45, 7) is 28.5. The van der Waals surface area contributed by atoms with E-state index < -0.39 is 39.9 Å². The molecule has 0 bridgehead atoms. The fraction of sp³-hybridized carbons (Fsp3) is 0.949. The number of carbonyl (C=O) groups is 2. The van der Waals surface area contributed by atoms with Gasteiger partial charge in [0.2, 0.25) is 0 Å². The number of aliphatic hydroxyl groups is 2. The lowest BCUT2D eigenvalue weighted by Gasteiger charge is -2.62. The van der Waals surface area contributed by atoms with Crippen LogP contribution < -0.4 is 0 Å². The number of hydrogen-bond donors (Lipinski definition) is 2. The summed E-state index contributed by atoms with van der Waals surface area (Å²) in [5.41, 5.74) is -3.42. The summed E-state index contributed by atoms with van der Waals surface area (Å²) in [5, 5.41) is 23.2. The molecule has 0 atom stereocenters. The van der Waals surface area contributed by atoms with Gasteiger partial charge in [-0.25, -0.2) is 0 Å². The fourth-order valence-electron chi connectivity index (χ4n) is 9.55. The van der Waals surface area contributed by atoms with E-state index in [1.165, 1.54) is 0 Å². The van der Waals surface area contributed by atoms with Crippen LogP contribution in [-0.2, 0) is 19.1 Å². The number of ether oxygens (including phenoxy) is 2. The molecule has 2 N–H and O–H groups in total. The van der Waals surface area contributed by atoms with E-state index in [0.29, 0.717) is 32.1 Å². The first-order chi connectivity index (χ1) is 20.4. The molecule has 0 saturated heterocycles. The minimum atomic E-state index is -0.968. The molecule has 6 nitrogen and oxygen atoms in total. The SMILES string of the molecule is CCCCC(C(=O)OCC1(C)C(C)(C)CC(O)(CCCC)CC1(C)C)C(=O)OCC1(C)C(C)(C)CC(O)(CCCC)CC1(C)C. The number of rotatable bonds is 15. The van der Waals surface area contributed by atoms with Crippen LogP contribution in [0.1, 0.15) is 173 Å². The molecule has 0 heterocycles. The van der Waals surface area contributed by atoms with Crippen molar-refractivity contribution >= 4 is 11.9 Å². The minimum absolute atomic E-state index is 0.194. The molecule has 264 valence electrons. The molecule has 45 heavy (non-hydrogen) atoms. The highest BCUT2D eigenvalue weighted by molar-refractivity contribution is 5.94. The van der Waals surface area contributed by atoms with Gasteiger partial charge in [0.05, 0.1) is 24.4 Å². The van der Waals surface area contributed by atoms with Crippen LogP contribution in [0.25, 0.3) is 0 Å². The first-order valence-electron chi connectivity index (χ1n) is 18.2. The molecule has 0 spiro atoms. The Balaban J connectivity index is 2.22. The van der Waals surface area contributed by atoms with Crippen molar-refractivity contribution < 1.29 is 29.3 Å². The van der Waals surface area contributed by atoms with Gasteiger partial charge in [-0.05, 0) is 66.6 Å². The van der Waals surface area contributed by atoms with Crippen molar-refractivity contribution in [3.8, 4) is 0 Å². The van der Waals surface area contributed by atoms with Crippen LogP contribution in [0.3, 0.4) is 0 Å². The second-order valence-electron chi connectivity index (χ2n) is 18.5. The number of carbonyl (C=O) groups excluding carboxylic acids is 2. The molecular formula is C39H72O6. The van der Waals surface area contributed by atoms with Crippen molar-refractivity contribution in [1.29, 1.82) is 0 Å². The van der Waals surface area contributed by atoms with Crippen LogP contribution >= 0.6 is 0 Å². The van der Waals surface area contributed by atoms with Gasteiger partial charge in [0.25, 0.3) is 0 Å². The van der Waals surface area contributed by atoms with Crippen LogP contribution in [-0.4, -0.2) is 46.6 Å². The van der Waals surface area contributed by atoms with Crippen LogP contribution in [0.2, 0.25) is 0 Å². The van der Waals surface area contributed by atoms with E-state index in [-0.39, 0.29) is 34.9 Å². The molecule has 0 aromatic carbocycles. The summed E-state index contributed by atoms with van der Waals surface area (Å²) in [7, 11) is 0. The predicted molar refractivity (Wildman–Crippen MR) is 184 cm³/mol. The normalized spacial score (nSPS) is 34.1. The highest BCUT2D eigenvalue weighted by Gasteiger charge is 2.62. The molecule has 2 fully saturated rings. The van der Waals surface area contributed by atoms with E-state index >= 15 is 0 Å². The fourth-order valence-corrected chi connectivity index (χ4v) is 9.55. The van der Waals surface area contributed by atoms with Crippen LogP contribution in [0, 0.1) is 38.4 Å².